The number of nitrogens with zero attached hydrogens (tertiary/aromatic N) is 1. The van der Waals surface area contributed by atoms with E-state index in [1.165, 1.54) is 0 Å². The average molecular weight is 255 g/mol. The third-order valence-electron chi connectivity index (χ3n) is 4.19. The van der Waals surface area contributed by atoms with Gasteiger partial charge in [0.1, 0.15) is 0 Å². The predicted molar refractivity (Wildman–Crippen MR) is 74.0 cm³/mol. The molecule has 0 saturated heterocycles. The summed E-state index contributed by atoms with van der Waals surface area (Å²) in [4.78, 5) is 16.2. The average Bonchev–Trinajstić information content (AvgIpc) is 2.88. The summed E-state index contributed by atoms with van der Waals surface area (Å²) < 4.78 is 0. The molecule has 0 aliphatic heterocycles. The van der Waals surface area contributed by atoms with Crippen LogP contribution in [0.4, 0.5) is 0 Å². The third-order valence-corrected chi connectivity index (χ3v) is 4.19. The Morgan fingerprint density at radius 1 is 1.16 bits per heavy atom. The predicted octanol–water partition coefficient (Wildman–Crippen LogP) is 3.42. The molecule has 1 fully saturated rings. The number of aliphatic carboxylic acids is 1. The molecule has 1 N–H and O–H groups in total. The summed E-state index contributed by atoms with van der Waals surface area (Å²) in [5.74, 6) is -0.667. The molecule has 1 aliphatic carbocycles. The van der Waals surface area contributed by atoms with Crippen molar-refractivity contribution in [1.82, 2.24) is 4.98 Å². The van der Waals surface area contributed by atoms with Crippen molar-refractivity contribution in [2.75, 3.05) is 0 Å². The van der Waals surface area contributed by atoms with Gasteiger partial charge in [-0.1, -0.05) is 37.1 Å². The topological polar surface area (TPSA) is 50.2 Å². The zero-order valence-electron chi connectivity index (χ0n) is 10.8. The van der Waals surface area contributed by atoms with Crippen molar-refractivity contribution >= 4 is 16.9 Å². The molecule has 0 radical (unpaired) electrons. The first-order chi connectivity index (χ1) is 9.20. The highest BCUT2D eigenvalue weighted by atomic mass is 16.4. The number of hydrogen-bond acceptors (Lipinski definition) is 2. The highest BCUT2D eigenvalue weighted by Gasteiger charge is 2.41. The summed E-state index contributed by atoms with van der Waals surface area (Å²) in [5.41, 5.74) is 1.25. The first-order valence-electron chi connectivity index (χ1n) is 6.78. The standard InChI is InChI=1S/C16H17NO2/c18-15(19)16(9-3-4-10-16)11-13-8-7-12-5-1-2-6-14(12)17-13/h1-2,5-8H,3-4,9-11H2,(H,18,19). The van der Waals surface area contributed by atoms with Gasteiger partial charge in [0.15, 0.2) is 0 Å². The van der Waals surface area contributed by atoms with E-state index >= 15 is 0 Å². The maximum atomic E-state index is 11.6. The summed E-state index contributed by atoms with van der Waals surface area (Å²) in [7, 11) is 0. The largest absolute Gasteiger partial charge is 0.481 e. The molecule has 0 bridgehead atoms. The van der Waals surface area contributed by atoms with Crippen LogP contribution in [0.15, 0.2) is 36.4 Å². The van der Waals surface area contributed by atoms with Gasteiger partial charge in [0.2, 0.25) is 0 Å². The monoisotopic (exact) mass is 255 g/mol. The van der Waals surface area contributed by atoms with Gasteiger partial charge < -0.3 is 5.11 Å². The van der Waals surface area contributed by atoms with Gasteiger partial charge in [-0.05, 0) is 25.0 Å². The van der Waals surface area contributed by atoms with E-state index < -0.39 is 11.4 Å². The SMILES string of the molecule is O=C(O)C1(Cc2ccc3ccccc3n2)CCCC1. The molecule has 0 unspecified atom stereocenters. The van der Waals surface area contributed by atoms with E-state index in [0.29, 0.717) is 6.42 Å². The Kier molecular flexibility index (Phi) is 2.97. The van der Waals surface area contributed by atoms with Gasteiger partial charge in [0, 0.05) is 17.5 Å². The molecule has 98 valence electrons. The molecule has 1 aromatic carbocycles. The van der Waals surface area contributed by atoms with Gasteiger partial charge in [-0.25, -0.2) is 0 Å². The molecule has 19 heavy (non-hydrogen) atoms. The number of rotatable bonds is 3. The van der Waals surface area contributed by atoms with Crippen molar-refractivity contribution in [1.29, 1.82) is 0 Å². The zero-order chi connectivity index (χ0) is 13.3. The highest BCUT2D eigenvalue weighted by Crippen LogP contribution is 2.41. The van der Waals surface area contributed by atoms with Crippen molar-refractivity contribution in [3.8, 4) is 0 Å². The number of carboxylic acids is 1. The van der Waals surface area contributed by atoms with Crippen LogP contribution < -0.4 is 0 Å². The summed E-state index contributed by atoms with van der Waals surface area (Å²) in [5, 5.41) is 10.6. The Hall–Kier alpha value is -1.90. The van der Waals surface area contributed by atoms with Crippen molar-refractivity contribution in [3.63, 3.8) is 0 Å². The number of pyridine rings is 1. The van der Waals surface area contributed by atoms with Gasteiger partial charge in [-0.3, -0.25) is 9.78 Å². The molecule has 1 saturated carbocycles. The minimum absolute atomic E-state index is 0.549. The quantitative estimate of drug-likeness (QED) is 0.914. The van der Waals surface area contributed by atoms with Crippen LogP contribution in [-0.4, -0.2) is 16.1 Å². The zero-order valence-corrected chi connectivity index (χ0v) is 10.8. The molecule has 1 aliphatic rings. The molecule has 3 nitrogen and oxygen atoms in total. The normalized spacial score (nSPS) is 17.7. The first kappa shape index (κ1) is 12.2. The summed E-state index contributed by atoms with van der Waals surface area (Å²) in [6.45, 7) is 0. The molecule has 1 heterocycles. The second-order valence-electron chi connectivity index (χ2n) is 5.46. The van der Waals surface area contributed by atoms with Crippen LogP contribution in [0.3, 0.4) is 0 Å². The third kappa shape index (κ3) is 2.21. The lowest BCUT2D eigenvalue weighted by molar-refractivity contribution is -0.148. The van der Waals surface area contributed by atoms with Gasteiger partial charge >= 0.3 is 5.97 Å². The highest BCUT2D eigenvalue weighted by molar-refractivity contribution is 5.79. The van der Waals surface area contributed by atoms with Gasteiger partial charge in [-0.15, -0.1) is 0 Å². The summed E-state index contributed by atoms with van der Waals surface area (Å²) in [6, 6.07) is 11.9. The Morgan fingerprint density at radius 2 is 1.89 bits per heavy atom. The lowest BCUT2D eigenvalue weighted by atomic mass is 9.81. The number of carboxylic acid groups (broad SMARTS) is 1. The van der Waals surface area contributed by atoms with Crippen LogP contribution in [0.25, 0.3) is 10.9 Å². The van der Waals surface area contributed by atoms with E-state index in [2.05, 4.69) is 4.98 Å². The fourth-order valence-corrected chi connectivity index (χ4v) is 3.07. The molecular weight excluding hydrogens is 238 g/mol. The van der Waals surface area contributed by atoms with Gasteiger partial charge in [0.05, 0.1) is 10.9 Å². The molecule has 1 aromatic heterocycles. The number of para-hydroxylation sites is 1. The molecule has 0 spiro atoms. The van der Waals surface area contributed by atoms with E-state index in [0.717, 1.165) is 42.3 Å². The Balaban J connectivity index is 1.94. The van der Waals surface area contributed by atoms with E-state index in [9.17, 15) is 9.90 Å². The fraction of sp³-hybridized carbons (Fsp3) is 0.375. The number of fused-ring (bicyclic) bond motifs is 1. The molecule has 0 amide bonds. The second kappa shape index (κ2) is 4.65. The fourth-order valence-electron chi connectivity index (χ4n) is 3.07. The van der Waals surface area contributed by atoms with Crippen molar-refractivity contribution in [2.24, 2.45) is 5.41 Å². The summed E-state index contributed by atoms with van der Waals surface area (Å²) >= 11 is 0. The minimum atomic E-state index is -0.667. The van der Waals surface area contributed by atoms with Crippen LogP contribution in [0, 0.1) is 5.41 Å². The Labute approximate surface area is 112 Å². The van der Waals surface area contributed by atoms with Crippen molar-refractivity contribution in [2.45, 2.75) is 32.1 Å². The van der Waals surface area contributed by atoms with Crippen LogP contribution in [0.5, 0.6) is 0 Å². The number of carbonyl (C=O) groups is 1. The van der Waals surface area contributed by atoms with Crippen LogP contribution >= 0.6 is 0 Å². The number of aromatic nitrogens is 1. The number of hydrogen-bond donors (Lipinski definition) is 1. The minimum Gasteiger partial charge on any atom is -0.481 e. The smallest absolute Gasteiger partial charge is 0.310 e. The van der Waals surface area contributed by atoms with Crippen LogP contribution in [0.1, 0.15) is 31.4 Å². The second-order valence-corrected chi connectivity index (χ2v) is 5.46. The molecular formula is C16H17NO2. The van der Waals surface area contributed by atoms with E-state index in [4.69, 9.17) is 0 Å². The molecule has 0 atom stereocenters. The Bertz CT molecular complexity index is 615. The molecule has 3 heteroatoms. The number of benzene rings is 1. The first-order valence-corrected chi connectivity index (χ1v) is 6.78. The van der Waals surface area contributed by atoms with Gasteiger partial charge in [0.25, 0.3) is 0 Å². The lowest BCUT2D eigenvalue weighted by Crippen LogP contribution is -2.30. The maximum Gasteiger partial charge on any atom is 0.310 e. The van der Waals surface area contributed by atoms with Gasteiger partial charge in [-0.2, -0.15) is 0 Å². The van der Waals surface area contributed by atoms with E-state index in [-0.39, 0.29) is 0 Å². The maximum absolute atomic E-state index is 11.6. The van der Waals surface area contributed by atoms with Crippen molar-refractivity contribution < 1.29 is 9.90 Å². The van der Waals surface area contributed by atoms with Crippen molar-refractivity contribution in [3.05, 3.63) is 42.1 Å². The van der Waals surface area contributed by atoms with E-state index in [1.807, 2.05) is 36.4 Å². The van der Waals surface area contributed by atoms with Crippen LogP contribution in [0.2, 0.25) is 0 Å². The Morgan fingerprint density at radius 3 is 2.63 bits per heavy atom. The van der Waals surface area contributed by atoms with Crippen LogP contribution in [-0.2, 0) is 11.2 Å². The van der Waals surface area contributed by atoms with E-state index in [1.54, 1.807) is 0 Å². The summed E-state index contributed by atoms with van der Waals surface area (Å²) in [6.07, 6.45) is 4.13. The molecule has 2 aromatic rings. The lowest BCUT2D eigenvalue weighted by Gasteiger charge is -2.23. The molecule has 3 rings (SSSR count).